The Morgan fingerprint density at radius 3 is 2.57 bits per heavy atom. The number of carbonyl (C=O) groups is 1. The molecule has 0 spiro atoms. The van der Waals surface area contributed by atoms with Gasteiger partial charge >= 0.3 is 0 Å². The molecule has 1 amide bonds. The predicted molar refractivity (Wildman–Crippen MR) is 159 cm³/mol. The first-order chi connectivity index (χ1) is 20.0. The number of piperazine rings is 1. The number of nitrogens with zero attached hydrogens (tertiary/aromatic N) is 1. The number of halogens is 2. The van der Waals surface area contributed by atoms with E-state index in [1.54, 1.807) is 22.5 Å². The summed E-state index contributed by atoms with van der Waals surface area (Å²) in [6, 6.07) is 9.47. The number of benzene rings is 2. The first kappa shape index (κ1) is 31.0. The van der Waals surface area contributed by atoms with Crippen LogP contribution < -0.4 is 16.4 Å². The lowest BCUT2D eigenvalue weighted by Gasteiger charge is -2.39. The van der Waals surface area contributed by atoms with Crippen molar-refractivity contribution >= 4 is 21.6 Å². The van der Waals surface area contributed by atoms with Crippen LogP contribution in [0.5, 0.6) is 0 Å². The van der Waals surface area contributed by atoms with Gasteiger partial charge in [-0.15, -0.1) is 0 Å². The second-order valence-electron chi connectivity index (χ2n) is 12.2. The number of amides is 1. The number of nitrogens with one attached hydrogen (secondary N) is 2. The van der Waals surface area contributed by atoms with E-state index in [2.05, 4.69) is 10.6 Å². The molecule has 3 fully saturated rings. The van der Waals surface area contributed by atoms with Gasteiger partial charge in [-0.05, 0) is 88.1 Å². The Morgan fingerprint density at radius 1 is 1.14 bits per heavy atom. The number of hydrogen-bond acceptors (Lipinski definition) is 6. The molecule has 3 aliphatic rings. The number of ether oxygens (including phenoxy) is 1. The molecule has 0 aromatic heterocycles. The lowest BCUT2D eigenvalue weighted by molar-refractivity contribution is -0.119. The lowest BCUT2D eigenvalue weighted by atomic mass is 9.74. The van der Waals surface area contributed by atoms with Crippen molar-refractivity contribution < 1.29 is 26.7 Å². The monoisotopic (exact) mass is 604 g/mol. The number of rotatable bonds is 8. The highest BCUT2D eigenvalue weighted by Gasteiger charge is 2.39. The molecule has 42 heavy (non-hydrogen) atoms. The number of fused-ring (bicyclic) bond motifs is 2. The summed E-state index contributed by atoms with van der Waals surface area (Å²) in [5.74, 6) is -1.54. The zero-order chi connectivity index (χ0) is 30.0. The average Bonchev–Trinajstić information content (AvgIpc) is 3.05. The van der Waals surface area contributed by atoms with E-state index in [0.29, 0.717) is 50.0 Å². The molecule has 0 saturated carbocycles. The van der Waals surface area contributed by atoms with Crippen LogP contribution in [0.2, 0.25) is 0 Å². The molecule has 230 valence electrons. The quantitative estimate of drug-likeness (QED) is 0.421. The van der Waals surface area contributed by atoms with Crippen LogP contribution in [0.4, 0.5) is 14.5 Å². The van der Waals surface area contributed by atoms with Crippen LogP contribution in [-0.4, -0.2) is 67.8 Å². The van der Waals surface area contributed by atoms with Gasteiger partial charge in [-0.25, -0.2) is 17.2 Å². The van der Waals surface area contributed by atoms with Gasteiger partial charge in [-0.1, -0.05) is 18.2 Å². The van der Waals surface area contributed by atoms with Gasteiger partial charge in [0, 0.05) is 42.3 Å². The van der Waals surface area contributed by atoms with Crippen LogP contribution in [-0.2, 0) is 26.0 Å². The third-order valence-electron chi connectivity index (χ3n) is 9.05. The minimum Gasteiger partial charge on any atom is -0.376 e. The minimum atomic E-state index is -3.37. The SMILES string of the molecule is C[C@@H]1CC(C(c2ccc(F)cc2)[C@H](N)C(=O)Nc2cccc(F)c2CC[C@H]2CN[C@@H]3CCCS(=O)(=O)N2C3)C[C@H](C)O1. The number of sulfonamides is 1. The fraction of sp³-hybridized carbons (Fsp3) is 0.581. The summed E-state index contributed by atoms with van der Waals surface area (Å²) < 4.78 is 62.2. The topological polar surface area (TPSA) is 114 Å². The average molecular weight is 605 g/mol. The largest absolute Gasteiger partial charge is 0.376 e. The molecule has 3 aliphatic heterocycles. The van der Waals surface area contributed by atoms with Gasteiger partial charge in [-0.3, -0.25) is 4.79 Å². The summed E-state index contributed by atoms with van der Waals surface area (Å²) in [4.78, 5) is 13.7. The van der Waals surface area contributed by atoms with Crippen LogP contribution in [0, 0.1) is 17.6 Å². The van der Waals surface area contributed by atoms with E-state index in [-0.39, 0.29) is 48.2 Å². The highest BCUT2D eigenvalue weighted by Crippen LogP contribution is 2.39. The molecule has 2 aromatic carbocycles. The Morgan fingerprint density at radius 2 is 1.86 bits per heavy atom. The van der Waals surface area contributed by atoms with Gasteiger partial charge < -0.3 is 21.1 Å². The number of anilines is 1. The van der Waals surface area contributed by atoms with Gasteiger partial charge in [0.2, 0.25) is 15.9 Å². The molecule has 2 bridgehead atoms. The second-order valence-corrected chi connectivity index (χ2v) is 14.2. The van der Waals surface area contributed by atoms with Crippen molar-refractivity contribution in [1.29, 1.82) is 0 Å². The summed E-state index contributed by atoms with van der Waals surface area (Å²) in [5, 5.41) is 6.32. The molecule has 2 aromatic rings. The highest BCUT2D eigenvalue weighted by atomic mass is 32.2. The fourth-order valence-electron chi connectivity index (χ4n) is 7.07. The zero-order valence-corrected chi connectivity index (χ0v) is 25.1. The standard InChI is InChI=1S/C31H42F2N4O4S/c1-19-15-22(16-20(2)41-19)29(21-8-10-23(32)11-9-21)30(34)31(38)36-28-7-3-6-27(33)26(28)13-12-25-17-35-24-5-4-14-42(39,40)37(25)18-24/h3,6-11,19-20,22,24-25,29-30,35H,4-5,12-18,34H2,1-2H3,(H,36,38)/t19-,20+,22?,24-,25+,29?,30+/m1/s1. The van der Waals surface area contributed by atoms with Crippen molar-refractivity contribution in [2.45, 2.75) is 88.6 Å². The Labute approximate surface area is 247 Å². The van der Waals surface area contributed by atoms with Crippen LogP contribution in [0.3, 0.4) is 0 Å². The molecule has 4 N–H and O–H groups in total. The maximum Gasteiger partial charge on any atom is 0.241 e. The summed E-state index contributed by atoms with van der Waals surface area (Å²) in [5.41, 5.74) is 8.07. The molecule has 11 heteroatoms. The molecule has 8 nitrogen and oxygen atoms in total. The highest BCUT2D eigenvalue weighted by molar-refractivity contribution is 7.89. The first-order valence-electron chi connectivity index (χ1n) is 15.0. The van der Waals surface area contributed by atoms with Gasteiger partial charge in [0.15, 0.2) is 0 Å². The molecule has 0 radical (unpaired) electrons. The summed E-state index contributed by atoms with van der Waals surface area (Å²) in [6.45, 7) is 4.92. The third kappa shape index (κ3) is 7.02. The molecule has 3 saturated heterocycles. The number of hydrogen-bond donors (Lipinski definition) is 3. The van der Waals surface area contributed by atoms with Crippen molar-refractivity contribution in [2.24, 2.45) is 11.7 Å². The van der Waals surface area contributed by atoms with Crippen molar-refractivity contribution in [2.75, 3.05) is 24.2 Å². The summed E-state index contributed by atoms with van der Waals surface area (Å²) >= 11 is 0. The van der Waals surface area contributed by atoms with E-state index in [1.165, 1.54) is 24.3 Å². The molecule has 5 rings (SSSR count). The molecule has 3 heterocycles. The first-order valence-corrected chi connectivity index (χ1v) is 16.6. The van der Waals surface area contributed by atoms with Gasteiger partial charge in [-0.2, -0.15) is 4.31 Å². The van der Waals surface area contributed by atoms with E-state index in [0.717, 1.165) is 12.0 Å². The summed E-state index contributed by atoms with van der Waals surface area (Å²) in [7, 11) is -3.37. The molecular weight excluding hydrogens is 562 g/mol. The lowest BCUT2D eigenvalue weighted by Crippen LogP contribution is -2.57. The van der Waals surface area contributed by atoms with Gasteiger partial charge in [0.05, 0.1) is 24.0 Å². The van der Waals surface area contributed by atoms with Crippen molar-refractivity contribution in [3.05, 3.63) is 65.2 Å². The Balaban J connectivity index is 1.34. The van der Waals surface area contributed by atoms with Crippen LogP contribution in [0.25, 0.3) is 0 Å². The van der Waals surface area contributed by atoms with Gasteiger partial charge in [0.1, 0.15) is 11.6 Å². The second kappa shape index (κ2) is 13.1. The molecule has 3 unspecified atom stereocenters. The molecule has 0 aliphatic carbocycles. The Bertz CT molecular complexity index is 1350. The van der Waals surface area contributed by atoms with E-state index in [1.807, 2.05) is 13.8 Å². The Kier molecular flexibility index (Phi) is 9.63. The normalized spacial score (nSPS) is 30.6. The van der Waals surface area contributed by atoms with E-state index >= 15 is 4.39 Å². The Hall–Kier alpha value is -2.44. The predicted octanol–water partition coefficient (Wildman–Crippen LogP) is 3.92. The van der Waals surface area contributed by atoms with Crippen molar-refractivity contribution in [3.63, 3.8) is 0 Å². The van der Waals surface area contributed by atoms with Crippen LogP contribution >= 0.6 is 0 Å². The number of nitrogens with two attached hydrogens (primary N) is 1. The third-order valence-corrected chi connectivity index (χ3v) is 11.0. The number of carbonyl (C=O) groups excluding carboxylic acids is 1. The van der Waals surface area contributed by atoms with Crippen molar-refractivity contribution in [1.82, 2.24) is 9.62 Å². The van der Waals surface area contributed by atoms with E-state index < -0.39 is 33.7 Å². The van der Waals surface area contributed by atoms with Crippen LogP contribution in [0.1, 0.15) is 63.0 Å². The minimum absolute atomic E-state index is 0.00986. The zero-order valence-electron chi connectivity index (χ0n) is 24.3. The smallest absolute Gasteiger partial charge is 0.241 e. The van der Waals surface area contributed by atoms with E-state index in [4.69, 9.17) is 10.5 Å². The summed E-state index contributed by atoms with van der Waals surface area (Å²) in [6.07, 6.45) is 3.48. The van der Waals surface area contributed by atoms with Crippen molar-refractivity contribution in [3.8, 4) is 0 Å². The fourth-order valence-corrected chi connectivity index (χ4v) is 8.88. The molecule has 8 atom stereocenters. The van der Waals surface area contributed by atoms with E-state index in [9.17, 15) is 17.6 Å². The van der Waals surface area contributed by atoms with Crippen LogP contribution in [0.15, 0.2) is 42.5 Å². The maximum absolute atomic E-state index is 15.2. The molecular formula is C31H42F2N4O4S. The maximum atomic E-state index is 15.2. The van der Waals surface area contributed by atoms with Gasteiger partial charge in [0.25, 0.3) is 0 Å².